The third-order valence-electron chi connectivity index (χ3n) is 2.30. The molecule has 0 saturated carbocycles. The number of benzene rings is 1. The number of halogens is 1. The average Bonchev–Trinajstić information content (AvgIpc) is 2.69. The minimum absolute atomic E-state index is 0.131. The van der Waals surface area contributed by atoms with Crippen LogP contribution in [0.1, 0.15) is 13.8 Å². The fourth-order valence-corrected chi connectivity index (χ4v) is 2.43. The van der Waals surface area contributed by atoms with Crippen molar-refractivity contribution in [3.05, 3.63) is 18.2 Å². The van der Waals surface area contributed by atoms with E-state index in [2.05, 4.69) is 15.6 Å². The molecule has 2 N–H and O–H groups in total. The molecule has 0 aliphatic carbocycles. The Hall–Kier alpha value is -1.66. The fourth-order valence-electron chi connectivity index (χ4n) is 1.46. The van der Waals surface area contributed by atoms with Gasteiger partial charge >= 0.3 is 0 Å². The van der Waals surface area contributed by atoms with Crippen LogP contribution in [0.25, 0.3) is 10.2 Å². The predicted molar refractivity (Wildman–Crippen MR) is 77.9 cm³/mol. The number of anilines is 2. The van der Waals surface area contributed by atoms with Crippen molar-refractivity contribution in [2.75, 3.05) is 10.6 Å². The Morgan fingerprint density at radius 3 is 2.74 bits per heavy atom. The monoisotopic (exact) mass is 297 g/mol. The minimum atomic E-state index is -0.609. The molecule has 2 rings (SSSR count). The van der Waals surface area contributed by atoms with E-state index in [0.29, 0.717) is 10.8 Å². The van der Waals surface area contributed by atoms with Gasteiger partial charge in [0.1, 0.15) is 5.38 Å². The Bertz CT molecular complexity index is 639. The topological polar surface area (TPSA) is 71.1 Å². The highest BCUT2D eigenvalue weighted by atomic mass is 35.5. The maximum absolute atomic E-state index is 11.5. The molecule has 19 heavy (non-hydrogen) atoms. The summed E-state index contributed by atoms with van der Waals surface area (Å²) in [6.07, 6.45) is 0. The zero-order valence-electron chi connectivity index (χ0n) is 10.4. The van der Waals surface area contributed by atoms with E-state index in [1.807, 2.05) is 6.07 Å². The Morgan fingerprint density at radius 2 is 2.11 bits per heavy atom. The number of amides is 2. The van der Waals surface area contributed by atoms with Crippen molar-refractivity contribution in [3.8, 4) is 0 Å². The van der Waals surface area contributed by atoms with E-state index in [0.717, 1.165) is 10.2 Å². The standard InChI is InChI=1S/C12H12ClN3O2S/c1-6(13)11(18)16-12-15-9-4-3-8(14-7(2)17)5-10(9)19-12/h3-6H,1-2H3,(H,14,17)(H,15,16,18)/t6-/m0/s1. The lowest BCUT2D eigenvalue weighted by atomic mass is 10.3. The number of hydrogen-bond donors (Lipinski definition) is 2. The molecule has 0 bridgehead atoms. The highest BCUT2D eigenvalue weighted by Crippen LogP contribution is 2.28. The molecule has 5 nitrogen and oxygen atoms in total. The van der Waals surface area contributed by atoms with Crippen LogP contribution in [0.15, 0.2) is 18.2 Å². The van der Waals surface area contributed by atoms with Crippen LogP contribution in [0.2, 0.25) is 0 Å². The fraction of sp³-hybridized carbons (Fsp3) is 0.250. The maximum Gasteiger partial charge on any atom is 0.243 e. The van der Waals surface area contributed by atoms with Gasteiger partial charge in [0.2, 0.25) is 11.8 Å². The average molecular weight is 298 g/mol. The summed E-state index contributed by atoms with van der Waals surface area (Å²) in [6, 6.07) is 5.37. The highest BCUT2D eigenvalue weighted by Gasteiger charge is 2.12. The van der Waals surface area contributed by atoms with Gasteiger partial charge in [0.05, 0.1) is 10.2 Å². The van der Waals surface area contributed by atoms with Crippen LogP contribution in [0, 0.1) is 0 Å². The molecule has 2 amide bonds. The lowest BCUT2D eigenvalue weighted by molar-refractivity contribution is -0.116. The summed E-state index contributed by atoms with van der Waals surface area (Å²) in [6.45, 7) is 3.05. The predicted octanol–water partition coefficient (Wildman–Crippen LogP) is 2.82. The Kier molecular flexibility index (Phi) is 4.01. The summed E-state index contributed by atoms with van der Waals surface area (Å²) >= 11 is 7.01. The van der Waals surface area contributed by atoms with E-state index in [4.69, 9.17) is 11.6 Å². The first kappa shape index (κ1) is 13.8. The number of nitrogens with zero attached hydrogens (tertiary/aromatic N) is 1. The summed E-state index contributed by atoms with van der Waals surface area (Å²) in [4.78, 5) is 26.7. The summed E-state index contributed by atoms with van der Waals surface area (Å²) < 4.78 is 0.878. The number of carbonyl (C=O) groups excluding carboxylic acids is 2. The van der Waals surface area contributed by atoms with Crippen molar-refractivity contribution in [1.82, 2.24) is 4.98 Å². The molecular formula is C12H12ClN3O2S. The van der Waals surface area contributed by atoms with E-state index >= 15 is 0 Å². The molecule has 1 heterocycles. The van der Waals surface area contributed by atoms with E-state index in [9.17, 15) is 9.59 Å². The van der Waals surface area contributed by atoms with Crippen molar-refractivity contribution >= 4 is 55.8 Å². The highest BCUT2D eigenvalue weighted by molar-refractivity contribution is 7.22. The number of alkyl halides is 1. The third kappa shape index (κ3) is 3.42. The second-order valence-corrected chi connectivity index (χ2v) is 5.67. The smallest absolute Gasteiger partial charge is 0.243 e. The zero-order valence-corrected chi connectivity index (χ0v) is 11.9. The van der Waals surface area contributed by atoms with Crippen molar-refractivity contribution in [1.29, 1.82) is 0 Å². The molecule has 1 atom stereocenters. The van der Waals surface area contributed by atoms with Crippen LogP contribution >= 0.6 is 22.9 Å². The molecule has 0 spiro atoms. The number of nitrogens with one attached hydrogen (secondary N) is 2. The lowest BCUT2D eigenvalue weighted by Crippen LogP contribution is -2.19. The van der Waals surface area contributed by atoms with Gasteiger partial charge in [0.25, 0.3) is 0 Å². The first-order chi connectivity index (χ1) is 8.95. The zero-order chi connectivity index (χ0) is 14.0. The van der Waals surface area contributed by atoms with Crippen LogP contribution < -0.4 is 10.6 Å². The van der Waals surface area contributed by atoms with Crippen molar-refractivity contribution in [2.45, 2.75) is 19.2 Å². The molecule has 2 aromatic rings. The Morgan fingerprint density at radius 1 is 1.37 bits per heavy atom. The Balaban J connectivity index is 2.25. The molecule has 100 valence electrons. The minimum Gasteiger partial charge on any atom is -0.326 e. The number of rotatable bonds is 3. The molecule has 0 fully saturated rings. The van der Waals surface area contributed by atoms with Crippen molar-refractivity contribution in [2.24, 2.45) is 0 Å². The van der Waals surface area contributed by atoms with E-state index < -0.39 is 5.38 Å². The van der Waals surface area contributed by atoms with E-state index in [1.165, 1.54) is 18.3 Å². The second-order valence-electron chi connectivity index (χ2n) is 3.99. The summed E-state index contributed by atoms with van der Waals surface area (Å²) in [7, 11) is 0. The van der Waals surface area contributed by atoms with Crippen LogP contribution in [-0.2, 0) is 9.59 Å². The number of fused-ring (bicyclic) bond motifs is 1. The molecular weight excluding hydrogens is 286 g/mol. The van der Waals surface area contributed by atoms with Gasteiger partial charge in [0.15, 0.2) is 5.13 Å². The molecule has 1 aromatic carbocycles. The molecule has 0 aliphatic rings. The lowest BCUT2D eigenvalue weighted by Gasteiger charge is -2.01. The van der Waals surface area contributed by atoms with Gasteiger partial charge in [-0.05, 0) is 25.1 Å². The molecule has 0 unspecified atom stereocenters. The molecule has 0 saturated heterocycles. The van der Waals surface area contributed by atoms with Gasteiger partial charge in [0, 0.05) is 12.6 Å². The van der Waals surface area contributed by atoms with Gasteiger partial charge in [-0.15, -0.1) is 11.6 Å². The summed E-state index contributed by atoms with van der Waals surface area (Å²) in [5, 5.41) is 5.22. The van der Waals surface area contributed by atoms with Gasteiger partial charge < -0.3 is 10.6 Å². The van der Waals surface area contributed by atoms with Crippen LogP contribution in [0.3, 0.4) is 0 Å². The Labute approximate surface area is 119 Å². The largest absolute Gasteiger partial charge is 0.326 e. The van der Waals surface area contributed by atoms with E-state index in [1.54, 1.807) is 19.1 Å². The molecule has 1 aromatic heterocycles. The molecule has 0 aliphatic heterocycles. The quantitative estimate of drug-likeness (QED) is 0.856. The van der Waals surface area contributed by atoms with Gasteiger partial charge in [-0.2, -0.15) is 0 Å². The van der Waals surface area contributed by atoms with Crippen molar-refractivity contribution < 1.29 is 9.59 Å². The number of hydrogen-bond acceptors (Lipinski definition) is 4. The van der Waals surface area contributed by atoms with Crippen LogP contribution in [0.4, 0.5) is 10.8 Å². The SMILES string of the molecule is CC(=O)Nc1ccc2nc(NC(=O)[C@H](C)Cl)sc2c1. The molecule has 7 heteroatoms. The van der Waals surface area contributed by atoms with Gasteiger partial charge in [-0.1, -0.05) is 11.3 Å². The second kappa shape index (κ2) is 5.54. The molecule has 0 radical (unpaired) electrons. The van der Waals surface area contributed by atoms with Gasteiger partial charge in [-0.3, -0.25) is 9.59 Å². The number of aromatic nitrogens is 1. The first-order valence-electron chi connectivity index (χ1n) is 5.59. The van der Waals surface area contributed by atoms with Gasteiger partial charge in [-0.25, -0.2) is 4.98 Å². The van der Waals surface area contributed by atoms with Crippen molar-refractivity contribution in [3.63, 3.8) is 0 Å². The van der Waals surface area contributed by atoms with E-state index in [-0.39, 0.29) is 11.8 Å². The summed E-state index contributed by atoms with van der Waals surface area (Å²) in [5.74, 6) is -0.420. The number of carbonyl (C=O) groups is 2. The van der Waals surface area contributed by atoms with Crippen LogP contribution in [-0.4, -0.2) is 22.2 Å². The first-order valence-corrected chi connectivity index (χ1v) is 6.84. The normalized spacial score (nSPS) is 12.2. The third-order valence-corrected chi connectivity index (χ3v) is 3.43. The maximum atomic E-state index is 11.5. The number of thiazole rings is 1. The summed E-state index contributed by atoms with van der Waals surface area (Å²) in [5.41, 5.74) is 1.46. The van der Waals surface area contributed by atoms with Crippen LogP contribution in [0.5, 0.6) is 0 Å².